The van der Waals surface area contributed by atoms with Crippen LogP contribution < -0.4 is 4.74 Å². The maximum Gasteiger partial charge on any atom is 0.188 e. The molecule has 1 atom stereocenters. The summed E-state index contributed by atoms with van der Waals surface area (Å²) in [4.78, 5) is 12.5. The van der Waals surface area contributed by atoms with Crippen molar-refractivity contribution in [3.63, 3.8) is 0 Å². The van der Waals surface area contributed by atoms with Gasteiger partial charge < -0.3 is 4.74 Å². The molecule has 0 amide bonds. The lowest BCUT2D eigenvalue weighted by Crippen LogP contribution is -2.12. The zero-order valence-electron chi connectivity index (χ0n) is 11.1. The number of carbonyl (C=O) groups is 1. The van der Waals surface area contributed by atoms with Gasteiger partial charge in [-0.15, -0.1) is 0 Å². The number of hydrogen-bond acceptors (Lipinski definition) is 3. The number of halogens is 2. The highest BCUT2D eigenvalue weighted by atomic mass is 35.5. The molecule has 0 heterocycles. The Labute approximate surface area is 126 Å². The standard InChI is InChI=1S/C16H11ClFNO2/c1-21-15-8-11(17)4-7-13(15)16(20)14(9-19)10-2-5-12(18)6-3-10/h2-8,14H,1H3. The van der Waals surface area contributed by atoms with Crippen molar-refractivity contribution in [1.29, 1.82) is 5.26 Å². The molecule has 2 aromatic rings. The van der Waals surface area contributed by atoms with Crippen LogP contribution in [-0.2, 0) is 0 Å². The monoisotopic (exact) mass is 303 g/mol. The van der Waals surface area contributed by atoms with Crippen molar-refractivity contribution in [3.8, 4) is 11.8 Å². The van der Waals surface area contributed by atoms with Gasteiger partial charge in [0.05, 0.1) is 18.7 Å². The molecule has 2 aromatic carbocycles. The first kappa shape index (κ1) is 15.0. The minimum atomic E-state index is -1.03. The normalized spacial score (nSPS) is 11.5. The summed E-state index contributed by atoms with van der Waals surface area (Å²) in [6.45, 7) is 0. The number of ketones is 1. The van der Waals surface area contributed by atoms with E-state index in [1.54, 1.807) is 6.07 Å². The molecular formula is C16H11ClFNO2. The second-order valence-corrected chi connectivity index (χ2v) is 4.76. The van der Waals surface area contributed by atoms with Gasteiger partial charge in [-0.05, 0) is 35.9 Å². The van der Waals surface area contributed by atoms with Crippen LogP contribution in [0.15, 0.2) is 42.5 Å². The molecule has 0 saturated heterocycles. The van der Waals surface area contributed by atoms with E-state index in [1.807, 2.05) is 6.07 Å². The van der Waals surface area contributed by atoms with Gasteiger partial charge in [0.1, 0.15) is 17.5 Å². The minimum absolute atomic E-state index is 0.262. The van der Waals surface area contributed by atoms with E-state index in [2.05, 4.69) is 0 Å². The van der Waals surface area contributed by atoms with Crippen LogP contribution >= 0.6 is 11.6 Å². The number of nitrogens with zero attached hydrogens (tertiary/aromatic N) is 1. The van der Waals surface area contributed by atoms with Crippen molar-refractivity contribution in [2.45, 2.75) is 5.92 Å². The maximum atomic E-state index is 12.9. The summed E-state index contributed by atoms with van der Waals surface area (Å²) in [5.41, 5.74) is 0.693. The van der Waals surface area contributed by atoms with Gasteiger partial charge in [0, 0.05) is 5.02 Å². The maximum absolute atomic E-state index is 12.9. The van der Waals surface area contributed by atoms with E-state index in [0.29, 0.717) is 16.3 Å². The van der Waals surface area contributed by atoms with E-state index >= 15 is 0 Å². The molecule has 1 unspecified atom stereocenters. The van der Waals surface area contributed by atoms with Gasteiger partial charge in [0.25, 0.3) is 0 Å². The smallest absolute Gasteiger partial charge is 0.188 e. The molecule has 0 saturated carbocycles. The van der Waals surface area contributed by atoms with Crippen LogP contribution in [-0.4, -0.2) is 12.9 Å². The Morgan fingerprint density at radius 1 is 1.29 bits per heavy atom. The number of ether oxygens (including phenoxy) is 1. The van der Waals surface area contributed by atoms with Gasteiger partial charge in [-0.1, -0.05) is 23.7 Å². The summed E-state index contributed by atoms with van der Waals surface area (Å²) in [5.74, 6) is -1.57. The third kappa shape index (κ3) is 3.21. The molecular weight excluding hydrogens is 293 g/mol. The first-order valence-corrected chi connectivity index (χ1v) is 6.47. The number of rotatable bonds is 4. The molecule has 0 spiro atoms. The summed E-state index contributed by atoms with van der Waals surface area (Å²) < 4.78 is 18.1. The molecule has 0 aliphatic carbocycles. The topological polar surface area (TPSA) is 50.1 Å². The van der Waals surface area contributed by atoms with E-state index in [0.717, 1.165) is 0 Å². The summed E-state index contributed by atoms with van der Waals surface area (Å²) in [6.07, 6.45) is 0. The average molecular weight is 304 g/mol. The molecule has 21 heavy (non-hydrogen) atoms. The Kier molecular flexibility index (Phi) is 4.56. The predicted molar refractivity (Wildman–Crippen MR) is 77.1 cm³/mol. The summed E-state index contributed by atoms with van der Waals surface area (Å²) in [7, 11) is 1.42. The zero-order chi connectivity index (χ0) is 15.4. The Bertz CT molecular complexity index is 707. The van der Waals surface area contributed by atoms with Crippen LogP contribution in [0.3, 0.4) is 0 Å². The van der Waals surface area contributed by atoms with Crippen LogP contribution in [0.5, 0.6) is 5.75 Å². The lowest BCUT2D eigenvalue weighted by molar-refractivity contribution is 0.0976. The molecule has 0 bridgehead atoms. The lowest BCUT2D eigenvalue weighted by atomic mass is 9.91. The van der Waals surface area contributed by atoms with Gasteiger partial charge in [0.2, 0.25) is 0 Å². The quantitative estimate of drug-likeness (QED) is 0.803. The van der Waals surface area contributed by atoms with Crippen molar-refractivity contribution in [3.05, 3.63) is 64.4 Å². The highest BCUT2D eigenvalue weighted by molar-refractivity contribution is 6.31. The molecule has 0 fully saturated rings. The number of nitriles is 1. The van der Waals surface area contributed by atoms with Crippen LogP contribution in [0.25, 0.3) is 0 Å². The zero-order valence-corrected chi connectivity index (χ0v) is 11.9. The van der Waals surface area contributed by atoms with Gasteiger partial charge >= 0.3 is 0 Å². The summed E-state index contributed by atoms with van der Waals surface area (Å²) in [6, 6.07) is 11.8. The molecule has 0 aromatic heterocycles. The van der Waals surface area contributed by atoms with E-state index in [9.17, 15) is 14.4 Å². The van der Waals surface area contributed by atoms with Crippen molar-refractivity contribution < 1.29 is 13.9 Å². The molecule has 0 radical (unpaired) electrons. The molecule has 2 rings (SSSR count). The summed E-state index contributed by atoms with van der Waals surface area (Å²) in [5, 5.41) is 9.70. The third-order valence-electron chi connectivity index (χ3n) is 3.02. The van der Waals surface area contributed by atoms with Crippen molar-refractivity contribution >= 4 is 17.4 Å². The Morgan fingerprint density at radius 3 is 2.52 bits per heavy atom. The first-order valence-electron chi connectivity index (χ1n) is 6.09. The molecule has 5 heteroatoms. The highest BCUT2D eigenvalue weighted by Crippen LogP contribution is 2.28. The van der Waals surface area contributed by atoms with E-state index in [4.69, 9.17) is 16.3 Å². The Balaban J connectivity index is 2.42. The van der Waals surface area contributed by atoms with Crippen LogP contribution in [0.1, 0.15) is 21.8 Å². The van der Waals surface area contributed by atoms with E-state index < -0.39 is 17.5 Å². The molecule has 0 aliphatic rings. The van der Waals surface area contributed by atoms with Gasteiger partial charge in [-0.3, -0.25) is 4.79 Å². The molecule has 0 N–H and O–H groups in total. The second-order valence-electron chi connectivity index (χ2n) is 4.32. The Hall–Kier alpha value is -2.38. The lowest BCUT2D eigenvalue weighted by Gasteiger charge is -2.12. The number of hydrogen-bond donors (Lipinski definition) is 0. The first-order chi connectivity index (χ1) is 10.1. The van der Waals surface area contributed by atoms with E-state index in [-0.39, 0.29) is 5.56 Å². The van der Waals surface area contributed by atoms with E-state index in [1.165, 1.54) is 43.5 Å². The number of benzene rings is 2. The fraction of sp³-hybridized carbons (Fsp3) is 0.125. The Morgan fingerprint density at radius 2 is 1.95 bits per heavy atom. The third-order valence-corrected chi connectivity index (χ3v) is 3.26. The van der Waals surface area contributed by atoms with Crippen molar-refractivity contribution in [1.82, 2.24) is 0 Å². The predicted octanol–water partition coefficient (Wildman–Crippen LogP) is 3.98. The fourth-order valence-corrected chi connectivity index (χ4v) is 2.13. The SMILES string of the molecule is COc1cc(Cl)ccc1C(=O)C(C#N)c1ccc(F)cc1. The van der Waals surface area contributed by atoms with Crippen molar-refractivity contribution in [2.75, 3.05) is 7.11 Å². The molecule has 0 aliphatic heterocycles. The number of methoxy groups -OCH3 is 1. The van der Waals surface area contributed by atoms with Gasteiger partial charge in [-0.25, -0.2) is 4.39 Å². The van der Waals surface area contributed by atoms with Crippen molar-refractivity contribution in [2.24, 2.45) is 0 Å². The van der Waals surface area contributed by atoms with Crippen LogP contribution in [0.4, 0.5) is 4.39 Å². The van der Waals surface area contributed by atoms with Crippen LogP contribution in [0, 0.1) is 17.1 Å². The minimum Gasteiger partial charge on any atom is -0.496 e. The summed E-state index contributed by atoms with van der Waals surface area (Å²) >= 11 is 5.85. The molecule has 3 nitrogen and oxygen atoms in total. The largest absolute Gasteiger partial charge is 0.496 e. The molecule has 106 valence electrons. The number of Topliss-reactive ketones (excluding diaryl/α,β-unsaturated/α-hetero) is 1. The van der Waals surface area contributed by atoms with Gasteiger partial charge in [0.15, 0.2) is 5.78 Å². The van der Waals surface area contributed by atoms with Gasteiger partial charge in [-0.2, -0.15) is 5.26 Å². The van der Waals surface area contributed by atoms with Crippen LogP contribution in [0.2, 0.25) is 5.02 Å². The highest BCUT2D eigenvalue weighted by Gasteiger charge is 2.24. The number of carbonyl (C=O) groups excluding carboxylic acids is 1. The fourth-order valence-electron chi connectivity index (χ4n) is 1.96. The second kappa shape index (κ2) is 6.38. The average Bonchev–Trinajstić information content (AvgIpc) is 2.49.